The molecule has 3 aromatic carbocycles. The minimum Gasteiger partial charge on any atom is -0.489 e. The van der Waals surface area contributed by atoms with Crippen molar-refractivity contribution in [3.8, 4) is 5.75 Å². The summed E-state index contributed by atoms with van der Waals surface area (Å²) in [6.45, 7) is 2.18. The average molecular weight is 513 g/mol. The monoisotopic (exact) mass is 512 g/mol. The summed E-state index contributed by atoms with van der Waals surface area (Å²) in [6.07, 6.45) is 0. The number of aromatic nitrogens is 2. The van der Waals surface area contributed by atoms with Crippen molar-refractivity contribution in [2.75, 3.05) is 5.32 Å². The first-order chi connectivity index (χ1) is 16.8. The summed E-state index contributed by atoms with van der Waals surface area (Å²) in [7, 11) is -3.92. The number of anilines is 1. The fourth-order valence-corrected chi connectivity index (χ4v) is 4.97. The van der Waals surface area contributed by atoms with E-state index in [0.29, 0.717) is 16.9 Å². The smallest absolute Gasteiger partial charge is 0.270 e. The zero-order valence-corrected chi connectivity index (χ0v) is 20.2. The summed E-state index contributed by atoms with van der Waals surface area (Å²) in [6, 6.07) is 19.9. The third kappa shape index (κ3) is 6.69. The molecule has 4 aromatic rings. The number of benzene rings is 3. The van der Waals surface area contributed by atoms with Gasteiger partial charge in [-0.05, 0) is 54.4 Å². The second-order valence-electron chi connectivity index (χ2n) is 7.58. The summed E-state index contributed by atoms with van der Waals surface area (Å²) < 4.78 is 46.1. The average Bonchev–Trinajstić information content (AvgIpc) is 3.33. The molecule has 180 valence electrons. The number of nitrogens with one attached hydrogen (secondary N) is 2. The van der Waals surface area contributed by atoms with Gasteiger partial charge in [0.25, 0.3) is 15.9 Å². The topological polar surface area (TPSA) is 110 Å². The lowest BCUT2D eigenvalue weighted by molar-refractivity contribution is 0.102. The van der Waals surface area contributed by atoms with Crippen LogP contribution < -0.4 is 14.8 Å². The van der Waals surface area contributed by atoms with Crippen LogP contribution >= 0.6 is 11.3 Å². The number of hydrogen-bond acceptors (Lipinski definition) is 7. The number of hydrogen-bond donors (Lipinski definition) is 2. The molecule has 0 fully saturated rings. The number of rotatable bonds is 9. The van der Waals surface area contributed by atoms with E-state index in [-0.39, 0.29) is 28.4 Å². The molecule has 35 heavy (non-hydrogen) atoms. The summed E-state index contributed by atoms with van der Waals surface area (Å²) in [5.74, 6) is -0.111. The molecular formula is C24H21FN4O4S2. The van der Waals surface area contributed by atoms with Crippen LogP contribution in [0.5, 0.6) is 5.75 Å². The molecule has 0 spiro atoms. The van der Waals surface area contributed by atoms with Crippen LogP contribution in [0, 0.1) is 12.7 Å². The fraction of sp³-hybridized carbons (Fsp3) is 0.125. The van der Waals surface area contributed by atoms with Crippen LogP contribution in [0.1, 0.15) is 27.0 Å². The van der Waals surface area contributed by atoms with E-state index in [2.05, 4.69) is 20.2 Å². The van der Waals surface area contributed by atoms with E-state index in [0.717, 1.165) is 22.5 Å². The molecule has 1 amide bonds. The van der Waals surface area contributed by atoms with E-state index in [1.165, 1.54) is 12.1 Å². The number of carbonyl (C=O) groups is 1. The Labute approximate surface area is 205 Å². The van der Waals surface area contributed by atoms with Gasteiger partial charge >= 0.3 is 0 Å². The van der Waals surface area contributed by atoms with E-state index in [4.69, 9.17) is 4.74 Å². The Morgan fingerprint density at radius 3 is 2.43 bits per heavy atom. The maximum absolute atomic E-state index is 13.0. The Morgan fingerprint density at radius 2 is 1.71 bits per heavy atom. The van der Waals surface area contributed by atoms with Crippen molar-refractivity contribution in [2.24, 2.45) is 0 Å². The summed E-state index contributed by atoms with van der Waals surface area (Å²) >= 11 is 0.762. The molecular weight excluding hydrogens is 491 g/mol. The molecule has 0 bridgehead atoms. The van der Waals surface area contributed by atoms with Gasteiger partial charge in [0.15, 0.2) is 0 Å². The van der Waals surface area contributed by atoms with E-state index in [1.807, 2.05) is 13.0 Å². The van der Waals surface area contributed by atoms with Crippen molar-refractivity contribution in [1.82, 2.24) is 14.9 Å². The highest BCUT2D eigenvalue weighted by Crippen LogP contribution is 2.21. The second kappa shape index (κ2) is 10.7. The van der Waals surface area contributed by atoms with E-state index in [1.54, 1.807) is 54.6 Å². The van der Waals surface area contributed by atoms with Gasteiger partial charge in [-0.15, -0.1) is 10.2 Å². The number of nitrogens with zero attached hydrogens (tertiary/aromatic N) is 2. The van der Waals surface area contributed by atoms with E-state index in [9.17, 15) is 17.6 Å². The molecule has 0 saturated carbocycles. The number of amides is 1. The molecule has 0 saturated heterocycles. The SMILES string of the molecule is Cc1cccc(C(=O)Nc2nnc(S(=O)(=O)NCc3ccc(OCc4ccc(F)cc4)cc3)s2)c1. The highest BCUT2D eigenvalue weighted by molar-refractivity contribution is 7.91. The van der Waals surface area contributed by atoms with Gasteiger partial charge in [0, 0.05) is 12.1 Å². The van der Waals surface area contributed by atoms with Crippen LogP contribution in [0.2, 0.25) is 0 Å². The zero-order chi connectivity index (χ0) is 24.8. The van der Waals surface area contributed by atoms with Crippen LogP contribution in [0.4, 0.5) is 9.52 Å². The predicted octanol–water partition coefficient (Wildman–Crippen LogP) is 4.30. The first-order valence-corrected chi connectivity index (χ1v) is 12.8. The predicted molar refractivity (Wildman–Crippen MR) is 130 cm³/mol. The Kier molecular flexibility index (Phi) is 7.49. The standard InChI is InChI=1S/C24H21FN4O4S2/c1-16-3-2-4-19(13-16)22(30)27-23-28-29-24(34-23)35(31,32)26-14-17-7-11-21(12-8-17)33-15-18-5-9-20(25)10-6-18/h2-13,26H,14-15H2,1H3,(H,27,28,30). The van der Waals surface area contributed by atoms with Gasteiger partial charge in [-0.25, -0.2) is 17.5 Å². The van der Waals surface area contributed by atoms with Gasteiger partial charge in [-0.1, -0.05) is 53.3 Å². The summed E-state index contributed by atoms with van der Waals surface area (Å²) in [4.78, 5) is 12.3. The fourth-order valence-electron chi connectivity index (χ4n) is 3.02. The molecule has 0 radical (unpaired) electrons. The van der Waals surface area contributed by atoms with Crippen molar-refractivity contribution < 1.29 is 22.3 Å². The maximum atomic E-state index is 13.0. The molecule has 4 rings (SSSR count). The largest absolute Gasteiger partial charge is 0.489 e. The number of aryl methyl sites for hydroxylation is 1. The molecule has 8 nitrogen and oxygen atoms in total. The van der Waals surface area contributed by atoms with Gasteiger partial charge < -0.3 is 4.74 Å². The molecule has 0 aliphatic heterocycles. The molecule has 1 aromatic heterocycles. The van der Waals surface area contributed by atoms with Crippen LogP contribution in [0.25, 0.3) is 0 Å². The van der Waals surface area contributed by atoms with E-state index < -0.39 is 15.9 Å². The van der Waals surface area contributed by atoms with Gasteiger partial charge in [0.05, 0.1) is 0 Å². The molecule has 1 heterocycles. The number of halogens is 1. The number of carbonyl (C=O) groups excluding carboxylic acids is 1. The molecule has 2 N–H and O–H groups in total. The van der Waals surface area contributed by atoms with Crippen LogP contribution in [-0.4, -0.2) is 24.5 Å². The van der Waals surface area contributed by atoms with Gasteiger partial charge in [-0.2, -0.15) is 0 Å². The molecule has 0 aliphatic rings. The lowest BCUT2D eigenvalue weighted by atomic mass is 10.1. The highest BCUT2D eigenvalue weighted by atomic mass is 32.2. The minimum atomic E-state index is -3.92. The quantitative estimate of drug-likeness (QED) is 0.324. The third-order valence-corrected chi connectivity index (χ3v) is 7.45. The van der Waals surface area contributed by atoms with Crippen molar-refractivity contribution in [3.63, 3.8) is 0 Å². The molecule has 0 atom stereocenters. The van der Waals surface area contributed by atoms with Gasteiger partial charge in [-0.3, -0.25) is 10.1 Å². The highest BCUT2D eigenvalue weighted by Gasteiger charge is 2.21. The van der Waals surface area contributed by atoms with Crippen LogP contribution in [0.3, 0.4) is 0 Å². The summed E-state index contributed by atoms with van der Waals surface area (Å²) in [5.41, 5.74) is 2.90. The van der Waals surface area contributed by atoms with Crippen molar-refractivity contribution in [2.45, 2.75) is 24.4 Å². The second-order valence-corrected chi connectivity index (χ2v) is 10.5. The lowest BCUT2D eigenvalue weighted by Crippen LogP contribution is -2.23. The van der Waals surface area contributed by atoms with Gasteiger partial charge in [0.1, 0.15) is 18.2 Å². The summed E-state index contributed by atoms with van der Waals surface area (Å²) in [5, 5.41) is 10.1. The Bertz CT molecular complexity index is 1420. The zero-order valence-electron chi connectivity index (χ0n) is 18.6. The molecule has 11 heteroatoms. The van der Waals surface area contributed by atoms with Crippen molar-refractivity contribution in [1.29, 1.82) is 0 Å². The Morgan fingerprint density at radius 1 is 1.00 bits per heavy atom. The van der Waals surface area contributed by atoms with Crippen LogP contribution in [0.15, 0.2) is 77.1 Å². The normalized spacial score (nSPS) is 11.3. The number of ether oxygens (including phenoxy) is 1. The van der Waals surface area contributed by atoms with Crippen LogP contribution in [-0.2, 0) is 23.2 Å². The number of sulfonamides is 1. The first-order valence-electron chi connectivity index (χ1n) is 10.5. The first kappa shape index (κ1) is 24.5. The molecule has 0 aliphatic carbocycles. The maximum Gasteiger partial charge on any atom is 0.270 e. The van der Waals surface area contributed by atoms with Crippen molar-refractivity contribution >= 4 is 32.4 Å². The van der Waals surface area contributed by atoms with E-state index >= 15 is 0 Å². The Hall–Kier alpha value is -3.67. The van der Waals surface area contributed by atoms with Crippen molar-refractivity contribution in [3.05, 3.63) is 101 Å². The minimum absolute atomic E-state index is 0.0329. The molecule has 0 unspecified atom stereocenters. The Balaban J connectivity index is 1.31. The third-order valence-electron chi connectivity index (χ3n) is 4.85. The van der Waals surface area contributed by atoms with Gasteiger partial charge in [0.2, 0.25) is 9.47 Å². The lowest BCUT2D eigenvalue weighted by Gasteiger charge is -2.08.